The maximum atomic E-state index is 13.3. The van der Waals surface area contributed by atoms with Crippen molar-refractivity contribution in [3.8, 4) is 0 Å². The zero-order valence-electron chi connectivity index (χ0n) is 16.7. The van der Waals surface area contributed by atoms with E-state index in [1.54, 1.807) is 4.90 Å². The molecule has 1 atom stereocenters. The van der Waals surface area contributed by atoms with Gasteiger partial charge in [0, 0.05) is 25.2 Å². The Morgan fingerprint density at radius 1 is 1.21 bits per heavy atom. The van der Waals surface area contributed by atoms with Gasteiger partial charge in [-0.25, -0.2) is 0 Å². The van der Waals surface area contributed by atoms with Gasteiger partial charge < -0.3 is 14.4 Å². The molecule has 1 spiro atoms. The number of amides is 2. The molecule has 152 valence electrons. The lowest BCUT2D eigenvalue weighted by molar-refractivity contribution is -0.181. The van der Waals surface area contributed by atoms with Crippen molar-refractivity contribution in [1.82, 2.24) is 9.80 Å². The first-order chi connectivity index (χ1) is 13.6. The molecule has 3 heterocycles. The van der Waals surface area contributed by atoms with Gasteiger partial charge in [0.2, 0.25) is 5.91 Å². The van der Waals surface area contributed by atoms with Gasteiger partial charge in [0.1, 0.15) is 0 Å². The summed E-state index contributed by atoms with van der Waals surface area (Å²) in [6.45, 7) is 8.34. The Morgan fingerprint density at radius 3 is 2.64 bits per heavy atom. The summed E-state index contributed by atoms with van der Waals surface area (Å²) in [7, 11) is 0. The minimum Gasteiger partial charge on any atom is -0.343 e. The van der Waals surface area contributed by atoms with Crippen LogP contribution < -0.4 is 4.90 Å². The van der Waals surface area contributed by atoms with E-state index in [1.165, 1.54) is 0 Å². The van der Waals surface area contributed by atoms with E-state index in [4.69, 9.17) is 9.47 Å². The van der Waals surface area contributed by atoms with Crippen molar-refractivity contribution in [3.63, 3.8) is 0 Å². The van der Waals surface area contributed by atoms with Crippen LogP contribution in [-0.4, -0.2) is 67.7 Å². The maximum Gasteiger partial charge on any atom is 0.293 e. The van der Waals surface area contributed by atoms with E-state index in [9.17, 15) is 9.59 Å². The van der Waals surface area contributed by atoms with Crippen LogP contribution in [0.15, 0.2) is 24.3 Å². The fourth-order valence-electron chi connectivity index (χ4n) is 4.60. The fraction of sp³-hybridized carbons (Fsp3) is 0.619. The predicted molar refractivity (Wildman–Crippen MR) is 105 cm³/mol. The van der Waals surface area contributed by atoms with Crippen molar-refractivity contribution >= 4 is 17.5 Å². The lowest BCUT2D eigenvalue weighted by atomic mass is 9.96. The zero-order chi connectivity index (χ0) is 19.7. The number of hydrogen-bond acceptors (Lipinski definition) is 5. The van der Waals surface area contributed by atoms with Crippen LogP contribution in [0.1, 0.15) is 32.3 Å². The monoisotopic (exact) mass is 387 g/mol. The van der Waals surface area contributed by atoms with E-state index in [0.717, 1.165) is 43.7 Å². The number of rotatable bonds is 5. The molecule has 0 aliphatic carbocycles. The molecular weight excluding hydrogens is 358 g/mol. The smallest absolute Gasteiger partial charge is 0.293 e. The molecule has 7 heteroatoms. The molecule has 0 aromatic heterocycles. The molecule has 7 nitrogen and oxygen atoms in total. The molecule has 0 unspecified atom stereocenters. The van der Waals surface area contributed by atoms with E-state index < -0.39 is 5.79 Å². The van der Waals surface area contributed by atoms with Crippen LogP contribution in [0.4, 0.5) is 5.69 Å². The van der Waals surface area contributed by atoms with Crippen molar-refractivity contribution in [2.45, 2.75) is 32.5 Å². The highest BCUT2D eigenvalue weighted by molar-refractivity contribution is 6.06. The molecule has 0 N–H and O–H groups in total. The molecule has 2 saturated heterocycles. The molecule has 0 saturated carbocycles. The van der Waals surface area contributed by atoms with Gasteiger partial charge in [-0.2, -0.15) is 0 Å². The summed E-state index contributed by atoms with van der Waals surface area (Å²) in [6, 6.07) is 7.68. The van der Waals surface area contributed by atoms with E-state index in [-0.39, 0.29) is 17.7 Å². The molecule has 2 fully saturated rings. The lowest BCUT2D eigenvalue weighted by Crippen LogP contribution is -2.50. The summed E-state index contributed by atoms with van der Waals surface area (Å²) in [5.41, 5.74) is 1.62. The average molecular weight is 387 g/mol. The van der Waals surface area contributed by atoms with Crippen molar-refractivity contribution in [2.75, 3.05) is 51.0 Å². The number of hydrogen-bond donors (Lipinski definition) is 0. The quantitative estimate of drug-likeness (QED) is 0.771. The molecule has 1 aromatic carbocycles. The van der Waals surface area contributed by atoms with Gasteiger partial charge in [0.25, 0.3) is 11.7 Å². The Balaban J connectivity index is 1.51. The van der Waals surface area contributed by atoms with Crippen molar-refractivity contribution in [3.05, 3.63) is 29.8 Å². The number of ether oxygens (including phenoxy) is 2. The number of fused-ring (bicyclic) bond motifs is 2. The highest BCUT2D eigenvalue weighted by Gasteiger charge is 2.56. The summed E-state index contributed by atoms with van der Waals surface area (Å²) in [4.78, 5) is 31.9. The average Bonchev–Trinajstić information content (AvgIpc) is 3.31. The first kappa shape index (κ1) is 19.4. The van der Waals surface area contributed by atoms with Gasteiger partial charge in [0.15, 0.2) is 0 Å². The van der Waals surface area contributed by atoms with Crippen LogP contribution >= 0.6 is 0 Å². The maximum absolute atomic E-state index is 13.3. The van der Waals surface area contributed by atoms with E-state index in [2.05, 4.69) is 4.90 Å². The number of likely N-dealkylation sites (tertiary alicyclic amines) is 1. The first-order valence-electron chi connectivity index (χ1n) is 10.3. The Bertz CT molecular complexity index is 743. The summed E-state index contributed by atoms with van der Waals surface area (Å²) in [6.07, 6.45) is 1.87. The number of nitrogens with zero attached hydrogens (tertiary/aromatic N) is 3. The largest absolute Gasteiger partial charge is 0.343 e. The van der Waals surface area contributed by atoms with Crippen LogP contribution in [-0.2, 0) is 24.8 Å². The number of benzene rings is 1. The van der Waals surface area contributed by atoms with Crippen molar-refractivity contribution in [1.29, 1.82) is 0 Å². The van der Waals surface area contributed by atoms with Crippen LogP contribution in [0.5, 0.6) is 0 Å². The summed E-state index contributed by atoms with van der Waals surface area (Å²) < 4.78 is 11.6. The van der Waals surface area contributed by atoms with Gasteiger partial charge >= 0.3 is 0 Å². The van der Waals surface area contributed by atoms with Gasteiger partial charge in [-0.15, -0.1) is 0 Å². The zero-order valence-corrected chi connectivity index (χ0v) is 16.7. The van der Waals surface area contributed by atoms with Crippen LogP contribution in [0.3, 0.4) is 0 Å². The molecule has 0 bridgehead atoms. The molecular formula is C21H29N3O4. The van der Waals surface area contributed by atoms with Crippen molar-refractivity contribution < 1.29 is 19.1 Å². The topological polar surface area (TPSA) is 62.3 Å². The van der Waals surface area contributed by atoms with Crippen LogP contribution in [0, 0.1) is 5.92 Å². The van der Waals surface area contributed by atoms with Gasteiger partial charge in [-0.05, 0) is 39.3 Å². The second-order valence-corrected chi connectivity index (χ2v) is 7.63. The lowest BCUT2D eigenvalue weighted by Gasteiger charge is -2.36. The van der Waals surface area contributed by atoms with Gasteiger partial charge in [-0.1, -0.05) is 18.2 Å². The third kappa shape index (κ3) is 3.11. The Labute approximate surface area is 166 Å². The third-order valence-electron chi connectivity index (χ3n) is 6.04. The molecule has 1 aromatic rings. The number of piperidine rings is 1. The number of carbonyl (C=O) groups excluding carboxylic acids is 2. The number of para-hydroxylation sites is 1. The molecule has 28 heavy (non-hydrogen) atoms. The van der Waals surface area contributed by atoms with E-state index in [0.29, 0.717) is 26.4 Å². The summed E-state index contributed by atoms with van der Waals surface area (Å²) in [5, 5.41) is 0. The van der Waals surface area contributed by atoms with Crippen LogP contribution in [0.2, 0.25) is 0 Å². The Hall–Kier alpha value is -1.96. The highest BCUT2D eigenvalue weighted by atomic mass is 16.7. The molecule has 2 amide bonds. The second kappa shape index (κ2) is 7.81. The normalized spacial score (nSPS) is 24.0. The van der Waals surface area contributed by atoms with E-state index in [1.807, 2.05) is 43.0 Å². The summed E-state index contributed by atoms with van der Waals surface area (Å²) in [5.74, 6) is -1.23. The SMILES string of the molecule is CCN(CC)C(=O)[C@H]1CCCN(CN2C(=O)C3(OCCO3)c3ccccc32)C1. The minimum atomic E-state index is -1.29. The van der Waals surface area contributed by atoms with Gasteiger partial charge in [-0.3, -0.25) is 19.4 Å². The molecule has 0 radical (unpaired) electrons. The second-order valence-electron chi connectivity index (χ2n) is 7.63. The predicted octanol–water partition coefficient (Wildman–Crippen LogP) is 1.77. The fourth-order valence-corrected chi connectivity index (χ4v) is 4.60. The Morgan fingerprint density at radius 2 is 1.93 bits per heavy atom. The minimum absolute atomic E-state index is 0.00506. The summed E-state index contributed by atoms with van der Waals surface area (Å²) >= 11 is 0. The highest BCUT2D eigenvalue weighted by Crippen LogP contribution is 2.45. The Kier molecular flexibility index (Phi) is 5.40. The van der Waals surface area contributed by atoms with Crippen LogP contribution in [0.25, 0.3) is 0 Å². The molecule has 3 aliphatic rings. The van der Waals surface area contributed by atoms with E-state index >= 15 is 0 Å². The number of carbonyl (C=O) groups is 2. The molecule has 4 rings (SSSR count). The van der Waals surface area contributed by atoms with Gasteiger partial charge in [0.05, 0.1) is 31.5 Å². The third-order valence-corrected chi connectivity index (χ3v) is 6.04. The van der Waals surface area contributed by atoms with Crippen molar-refractivity contribution in [2.24, 2.45) is 5.92 Å². The number of anilines is 1. The first-order valence-corrected chi connectivity index (χ1v) is 10.3. The standard InChI is InChI=1S/C21H29N3O4/c1-3-23(4-2)19(25)16-8-7-11-22(14-16)15-24-18-10-6-5-9-17(18)21(20(24)26)27-12-13-28-21/h5-6,9-10,16H,3-4,7-8,11-15H2,1-2H3/t16-/m0/s1. The molecule has 3 aliphatic heterocycles.